The minimum Gasteiger partial charge on any atom is -0.369 e. The maximum atomic E-state index is 12.7. The van der Waals surface area contributed by atoms with Crippen molar-refractivity contribution in [3.8, 4) is 0 Å². The Morgan fingerprint density at radius 2 is 2.00 bits per heavy atom. The average molecular weight is 400 g/mol. The van der Waals surface area contributed by atoms with Gasteiger partial charge in [-0.2, -0.15) is 0 Å². The first-order chi connectivity index (χ1) is 12.4. The fraction of sp³-hybridized carbons (Fsp3) is 0.611. The summed E-state index contributed by atoms with van der Waals surface area (Å²) in [6.45, 7) is 6.13. The second-order valence-electron chi connectivity index (χ2n) is 6.98. The number of hydrogen-bond donors (Lipinski definition) is 0. The van der Waals surface area contributed by atoms with Gasteiger partial charge in [-0.05, 0) is 31.5 Å². The van der Waals surface area contributed by atoms with E-state index >= 15 is 0 Å². The van der Waals surface area contributed by atoms with Crippen molar-refractivity contribution in [3.05, 3.63) is 29.3 Å². The second-order valence-corrected chi connectivity index (χ2v) is 9.64. The summed E-state index contributed by atoms with van der Waals surface area (Å²) in [7, 11) is -2.98. The van der Waals surface area contributed by atoms with Crippen molar-refractivity contribution in [2.75, 3.05) is 55.7 Å². The summed E-state index contributed by atoms with van der Waals surface area (Å²) in [5.74, 6) is 0.334. The molecule has 0 saturated carbocycles. The summed E-state index contributed by atoms with van der Waals surface area (Å²) in [6, 6.07) is 7.66. The lowest BCUT2D eigenvalue weighted by atomic mass is 10.2. The van der Waals surface area contributed by atoms with Gasteiger partial charge in [0.25, 0.3) is 0 Å². The molecular formula is C18H26ClN3O3S. The maximum Gasteiger partial charge on any atom is 0.237 e. The monoisotopic (exact) mass is 399 g/mol. The van der Waals surface area contributed by atoms with Crippen molar-refractivity contribution >= 4 is 33.0 Å². The predicted molar refractivity (Wildman–Crippen MR) is 105 cm³/mol. The van der Waals surface area contributed by atoms with Gasteiger partial charge in [0.15, 0.2) is 9.84 Å². The minimum atomic E-state index is -2.98. The summed E-state index contributed by atoms with van der Waals surface area (Å²) in [4.78, 5) is 18.9. The quantitative estimate of drug-likeness (QED) is 0.750. The highest BCUT2D eigenvalue weighted by molar-refractivity contribution is 7.91. The molecule has 8 heteroatoms. The topological polar surface area (TPSA) is 60.9 Å². The highest BCUT2D eigenvalue weighted by atomic mass is 35.5. The molecule has 0 spiro atoms. The number of amides is 1. The Balaban J connectivity index is 1.52. The van der Waals surface area contributed by atoms with E-state index in [9.17, 15) is 13.2 Å². The van der Waals surface area contributed by atoms with Crippen LogP contribution in [0, 0.1) is 0 Å². The molecule has 1 amide bonds. The number of halogens is 1. The molecule has 2 aliphatic rings. The van der Waals surface area contributed by atoms with Crippen LogP contribution in [0.15, 0.2) is 24.3 Å². The van der Waals surface area contributed by atoms with Gasteiger partial charge in [-0.15, -0.1) is 0 Å². The van der Waals surface area contributed by atoms with E-state index in [2.05, 4.69) is 9.80 Å². The molecule has 3 rings (SSSR count). The van der Waals surface area contributed by atoms with Crippen molar-refractivity contribution in [1.29, 1.82) is 0 Å². The van der Waals surface area contributed by atoms with Crippen molar-refractivity contribution in [3.63, 3.8) is 0 Å². The van der Waals surface area contributed by atoms with E-state index < -0.39 is 9.84 Å². The van der Waals surface area contributed by atoms with Crippen LogP contribution < -0.4 is 4.90 Å². The lowest BCUT2D eigenvalue weighted by Crippen LogP contribution is -2.51. The highest BCUT2D eigenvalue weighted by Crippen LogP contribution is 2.21. The number of sulfone groups is 1. The van der Waals surface area contributed by atoms with Crippen LogP contribution in [0.25, 0.3) is 0 Å². The van der Waals surface area contributed by atoms with Crippen LogP contribution in [0.3, 0.4) is 0 Å². The van der Waals surface area contributed by atoms with Gasteiger partial charge in [0.05, 0.1) is 18.1 Å². The third kappa shape index (κ3) is 4.69. The largest absolute Gasteiger partial charge is 0.369 e. The zero-order chi connectivity index (χ0) is 18.7. The van der Waals surface area contributed by atoms with Crippen molar-refractivity contribution in [2.24, 2.45) is 0 Å². The molecular weight excluding hydrogens is 374 g/mol. The first kappa shape index (κ1) is 19.5. The zero-order valence-corrected chi connectivity index (χ0v) is 16.7. The Kier molecular flexibility index (Phi) is 6.10. The molecule has 6 nitrogen and oxygen atoms in total. The number of carbonyl (C=O) groups is 1. The number of carbonyl (C=O) groups excluding carboxylic acids is 1. The van der Waals surface area contributed by atoms with Crippen LogP contribution in [0.2, 0.25) is 5.02 Å². The van der Waals surface area contributed by atoms with Gasteiger partial charge >= 0.3 is 0 Å². The number of likely N-dealkylation sites (N-methyl/N-ethyl adjacent to an activating group) is 1. The predicted octanol–water partition coefficient (Wildman–Crippen LogP) is 1.50. The van der Waals surface area contributed by atoms with E-state index in [1.54, 1.807) is 4.90 Å². The fourth-order valence-electron chi connectivity index (χ4n) is 3.78. The Labute approximate surface area is 160 Å². The van der Waals surface area contributed by atoms with Crippen LogP contribution >= 0.6 is 11.6 Å². The number of benzene rings is 1. The van der Waals surface area contributed by atoms with Crippen LogP contribution in [-0.4, -0.2) is 80.9 Å². The molecule has 1 aromatic rings. The van der Waals surface area contributed by atoms with Gasteiger partial charge in [-0.1, -0.05) is 17.7 Å². The molecule has 2 saturated heterocycles. The van der Waals surface area contributed by atoms with Gasteiger partial charge < -0.3 is 9.80 Å². The zero-order valence-electron chi connectivity index (χ0n) is 15.1. The number of rotatable bonds is 5. The van der Waals surface area contributed by atoms with E-state index in [4.69, 9.17) is 11.6 Å². The first-order valence-electron chi connectivity index (χ1n) is 9.11. The Morgan fingerprint density at radius 1 is 1.27 bits per heavy atom. The molecule has 0 aliphatic carbocycles. The standard InChI is InChI=1S/C18H26ClN3O3S/c1-2-22(17-6-11-26(24,25)14-17)18(23)13-20-7-9-21(10-8-20)16-5-3-4-15(19)12-16/h3-5,12,17H,2,6-11,13-14H2,1H3. The molecule has 26 heavy (non-hydrogen) atoms. The van der Waals surface area contributed by atoms with Gasteiger partial charge in [-0.25, -0.2) is 8.42 Å². The van der Waals surface area contributed by atoms with Crippen molar-refractivity contribution < 1.29 is 13.2 Å². The third-order valence-corrected chi connectivity index (χ3v) is 7.20. The molecule has 1 unspecified atom stereocenters. The molecule has 144 valence electrons. The Morgan fingerprint density at radius 3 is 2.58 bits per heavy atom. The average Bonchev–Trinajstić information content (AvgIpc) is 2.96. The van der Waals surface area contributed by atoms with E-state index in [1.165, 1.54) is 0 Å². The molecule has 2 fully saturated rings. The van der Waals surface area contributed by atoms with Gasteiger partial charge in [0.2, 0.25) is 5.91 Å². The second kappa shape index (κ2) is 8.15. The molecule has 0 bridgehead atoms. The first-order valence-corrected chi connectivity index (χ1v) is 11.3. The summed E-state index contributed by atoms with van der Waals surface area (Å²) < 4.78 is 23.4. The van der Waals surface area contributed by atoms with Crippen LogP contribution in [0.1, 0.15) is 13.3 Å². The number of hydrogen-bond acceptors (Lipinski definition) is 5. The number of piperazine rings is 1. The van der Waals surface area contributed by atoms with E-state index in [-0.39, 0.29) is 23.5 Å². The molecule has 0 N–H and O–H groups in total. The third-order valence-electron chi connectivity index (χ3n) is 5.21. The molecule has 2 heterocycles. The Bertz CT molecular complexity index is 748. The summed E-state index contributed by atoms with van der Waals surface area (Å²) in [6.07, 6.45) is 0.560. The molecule has 2 aliphatic heterocycles. The molecule has 1 atom stereocenters. The van der Waals surface area contributed by atoms with Crippen LogP contribution in [-0.2, 0) is 14.6 Å². The van der Waals surface area contributed by atoms with Crippen LogP contribution in [0.5, 0.6) is 0 Å². The summed E-state index contributed by atoms with van der Waals surface area (Å²) >= 11 is 6.06. The number of anilines is 1. The summed E-state index contributed by atoms with van der Waals surface area (Å²) in [5, 5.41) is 0.727. The lowest BCUT2D eigenvalue weighted by molar-refractivity contribution is -0.134. The molecule has 0 aromatic heterocycles. The van der Waals surface area contributed by atoms with E-state index in [0.717, 1.165) is 36.9 Å². The van der Waals surface area contributed by atoms with Crippen molar-refractivity contribution in [2.45, 2.75) is 19.4 Å². The number of nitrogens with zero attached hydrogens (tertiary/aromatic N) is 3. The normalized spacial score (nSPS) is 23.2. The van der Waals surface area contributed by atoms with Crippen molar-refractivity contribution in [1.82, 2.24) is 9.80 Å². The van der Waals surface area contributed by atoms with Gasteiger partial charge in [-0.3, -0.25) is 9.69 Å². The van der Waals surface area contributed by atoms with E-state index in [0.29, 0.717) is 19.5 Å². The molecule has 0 radical (unpaired) electrons. The minimum absolute atomic E-state index is 0.0332. The van der Waals surface area contributed by atoms with Gasteiger partial charge in [0.1, 0.15) is 0 Å². The van der Waals surface area contributed by atoms with E-state index in [1.807, 2.05) is 31.2 Å². The summed E-state index contributed by atoms with van der Waals surface area (Å²) in [5.41, 5.74) is 1.11. The highest BCUT2D eigenvalue weighted by Gasteiger charge is 2.34. The lowest BCUT2D eigenvalue weighted by Gasteiger charge is -2.37. The SMILES string of the molecule is CCN(C(=O)CN1CCN(c2cccc(Cl)c2)CC1)C1CCS(=O)(=O)C1. The fourth-order valence-corrected chi connectivity index (χ4v) is 5.69. The smallest absolute Gasteiger partial charge is 0.237 e. The van der Waals surface area contributed by atoms with Crippen LogP contribution in [0.4, 0.5) is 5.69 Å². The maximum absolute atomic E-state index is 12.7. The molecule has 1 aromatic carbocycles. The Hall–Kier alpha value is -1.31. The van der Waals surface area contributed by atoms with Gasteiger partial charge in [0, 0.05) is 49.5 Å².